The summed E-state index contributed by atoms with van der Waals surface area (Å²) in [5.41, 5.74) is 0.915. The summed E-state index contributed by atoms with van der Waals surface area (Å²) in [4.78, 5) is 29.2. The quantitative estimate of drug-likeness (QED) is 0.0471. The van der Waals surface area contributed by atoms with Gasteiger partial charge in [-0.15, -0.1) is 0 Å². The van der Waals surface area contributed by atoms with E-state index in [0.29, 0.717) is 31.7 Å². The highest BCUT2D eigenvalue weighted by molar-refractivity contribution is 5.75. The Bertz CT molecular complexity index is 1460. The molecule has 2 aliphatic heterocycles. The Labute approximate surface area is 384 Å². The average Bonchev–Trinajstić information content (AvgIpc) is 3.31. The van der Waals surface area contributed by atoms with Gasteiger partial charge < -0.3 is 29.9 Å². The topological polar surface area (TPSA) is 108 Å². The summed E-state index contributed by atoms with van der Waals surface area (Å²) in [5.74, 6) is -0.546. The molecule has 0 aliphatic carbocycles. The van der Waals surface area contributed by atoms with Crippen LogP contribution in [0.1, 0.15) is 218 Å². The number of benzene rings is 2. The first-order chi connectivity index (χ1) is 30.8. The first kappa shape index (κ1) is 52.8. The van der Waals surface area contributed by atoms with Gasteiger partial charge in [0.1, 0.15) is 11.2 Å². The van der Waals surface area contributed by atoms with Crippen LogP contribution in [0.3, 0.4) is 0 Å². The molecule has 63 heavy (non-hydrogen) atoms. The predicted molar refractivity (Wildman–Crippen MR) is 259 cm³/mol. The number of nitrogens with zero attached hydrogens (tertiary/aromatic N) is 1. The van der Waals surface area contributed by atoms with Gasteiger partial charge in [-0.1, -0.05) is 197 Å². The van der Waals surface area contributed by atoms with Gasteiger partial charge in [0.15, 0.2) is 6.10 Å². The van der Waals surface area contributed by atoms with Gasteiger partial charge in [0.05, 0.1) is 6.10 Å². The summed E-state index contributed by atoms with van der Waals surface area (Å²) < 4.78 is 12.6. The van der Waals surface area contributed by atoms with Crippen molar-refractivity contribution in [1.29, 1.82) is 0 Å². The standard InChI is InChI=1S/C55H90N2O6/c1-3-5-7-25-35-50(58)36-26-14-10-8-9-11-16-28-38-52(60)62-55(48-31-22-18-23-32-48)41-45-57(46-42-55)49(33-19-6-4-2)34-24-13-12-15-27-37-51(59)53(61)63-54(39-43-56-44-40-54)47-29-20-17-21-30-47/h17-18,20-23,29-32,49-51,56,58-59H,3-16,19,24-28,33-46H2,1-2H3. The second-order valence-electron chi connectivity index (χ2n) is 19.3. The number of unbranched alkanes of at least 4 members (excludes halogenated alkanes) is 16. The summed E-state index contributed by atoms with van der Waals surface area (Å²) in [7, 11) is 0. The molecule has 2 fully saturated rings. The number of ether oxygens (including phenoxy) is 2. The Kier molecular flexibility index (Phi) is 26.2. The smallest absolute Gasteiger partial charge is 0.335 e. The Morgan fingerprint density at radius 3 is 1.52 bits per heavy atom. The summed E-state index contributed by atoms with van der Waals surface area (Å²) in [6.07, 6.45) is 30.2. The molecule has 2 heterocycles. The van der Waals surface area contributed by atoms with Gasteiger partial charge in [-0.05, 0) is 62.7 Å². The van der Waals surface area contributed by atoms with E-state index < -0.39 is 23.3 Å². The van der Waals surface area contributed by atoms with Crippen molar-refractivity contribution < 1.29 is 29.3 Å². The van der Waals surface area contributed by atoms with Crippen LogP contribution in [0.15, 0.2) is 60.7 Å². The third-order valence-electron chi connectivity index (χ3n) is 14.2. The first-order valence-electron chi connectivity index (χ1n) is 26.2. The number of hydrogen-bond donors (Lipinski definition) is 3. The molecule has 2 aliphatic rings. The van der Waals surface area contributed by atoms with Crippen molar-refractivity contribution in [3.63, 3.8) is 0 Å². The normalized spacial score (nSPS) is 17.8. The number of hydrogen-bond acceptors (Lipinski definition) is 8. The van der Waals surface area contributed by atoms with Crippen molar-refractivity contribution >= 4 is 11.9 Å². The number of carbonyl (C=O) groups is 2. The Morgan fingerprint density at radius 1 is 0.556 bits per heavy atom. The molecule has 8 nitrogen and oxygen atoms in total. The van der Waals surface area contributed by atoms with Crippen LogP contribution in [0.2, 0.25) is 0 Å². The lowest BCUT2D eigenvalue weighted by Crippen LogP contribution is -2.48. The van der Waals surface area contributed by atoms with Crippen molar-refractivity contribution in [1.82, 2.24) is 10.2 Å². The minimum absolute atomic E-state index is 0.0534. The van der Waals surface area contributed by atoms with Gasteiger partial charge in [0, 0.05) is 51.2 Å². The number of carbonyl (C=O) groups excluding carboxylic acids is 2. The predicted octanol–water partition coefficient (Wildman–Crippen LogP) is 12.6. The van der Waals surface area contributed by atoms with Crippen LogP contribution in [-0.4, -0.2) is 71.5 Å². The maximum absolute atomic E-state index is 13.4. The number of likely N-dealkylation sites (tertiary alicyclic amines) is 1. The molecule has 0 amide bonds. The van der Waals surface area contributed by atoms with E-state index in [4.69, 9.17) is 9.47 Å². The molecule has 2 saturated heterocycles. The molecule has 3 unspecified atom stereocenters. The monoisotopic (exact) mass is 875 g/mol. The number of nitrogens with one attached hydrogen (secondary N) is 1. The molecular weight excluding hydrogens is 785 g/mol. The van der Waals surface area contributed by atoms with Crippen LogP contribution in [-0.2, 0) is 30.3 Å². The molecule has 3 N–H and O–H groups in total. The summed E-state index contributed by atoms with van der Waals surface area (Å²) >= 11 is 0. The SMILES string of the molecule is CCCCCCC(O)CCCCCCCCCCC(=O)OC1(c2ccccc2)CCN(C(CCCCC)CCCCCCCC(O)C(=O)OC2(c3ccccc3)CCNCC2)CC1. The van der Waals surface area contributed by atoms with Crippen LogP contribution in [0, 0.1) is 0 Å². The highest BCUT2D eigenvalue weighted by Crippen LogP contribution is 2.39. The van der Waals surface area contributed by atoms with Crippen molar-refractivity contribution in [3.8, 4) is 0 Å². The molecule has 0 bridgehead atoms. The van der Waals surface area contributed by atoms with E-state index in [2.05, 4.69) is 48.3 Å². The molecule has 3 atom stereocenters. The largest absolute Gasteiger partial charge is 0.454 e. The van der Waals surface area contributed by atoms with Crippen LogP contribution in [0.5, 0.6) is 0 Å². The van der Waals surface area contributed by atoms with Crippen molar-refractivity contribution in [2.24, 2.45) is 0 Å². The zero-order valence-corrected chi connectivity index (χ0v) is 40.0. The maximum Gasteiger partial charge on any atom is 0.335 e. The Morgan fingerprint density at radius 2 is 0.984 bits per heavy atom. The molecule has 0 radical (unpaired) electrons. The van der Waals surface area contributed by atoms with E-state index in [-0.39, 0.29) is 12.1 Å². The third-order valence-corrected chi connectivity index (χ3v) is 14.2. The minimum Gasteiger partial charge on any atom is -0.454 e. The van der Waals surface area contributed by atoms with Gasteiger partial charge in [0.2, 0.25) is 0 Å². The summed E-state index contributed by atoms with van der Waals surface area (Å²) in [6, 6.07) is 21.0. The van der Waals surface area contributed by atoms with E-state index >= 15 is 0 Å². The molecule has 356 valence electrons. The fraction of sp³-hybridized carbons (Fsp3) is 0.745. The molecule has 0 saturated carbocycles. The molecule has 0 aromatic heterocycles. The highest BCUT2D eigenvalue weighted by atomic mass is 16.6. The number of aliphatic hydroxyl groups is 2. The van der Waals surface area contributed by atoms with Crippen LogP contribution < -0.4 is 5.32 Å². The van der Waals surface area contributed by atoms with Gasteiger partial charge >= 0.3 is 11.9 Å². The highest BCUT2D eigenvalue weighted by Gasteiger charge is 2.41. The number of piperidine rings is 2. The van der Waals surface area contributed by atoms with Gasteiger partial charge in [-0.25, -0.2) is 4.79 Å². The molecule has 8 heteroatoms. The van der Waals surface area contributed by atoms with Gasteiger partial charge in [-0.3, -0.25) is 4.79 Å². The lowest BCUT2D eigenvalue weighted by molar-refractivity contribution is -0.175. The van der Waals surface area contributed by atoms with E-state index in [1.54, 1.807) is 0 Å². The van der Waals surface area contributed by atoms with E-state index in [1.807, 2.05) is 36.4 Å². The van der Waals surface area contributed by atoms with Gasteiger partial charge in [0.25, 0.3) is 0 Å². The molecular formula is C55H90N2O6. The van der Waals surface area contributed by atoms with Gasteiger partial charge in [-0.2, -0.15) is 0 Å². The Hall–Kier alpha value is -2.78. The van der Waals surface area contributed by atoms with E-state index in [0.717, 1.165) is 114 Å². The molecule has 4 rings (SSSR count). The van der Waals surface area contributed by atoms with E-state index in [1.165, 1.54) is 89.9 Å². The van der Waals surface area contributed by atoms with Crippen LogP contribution >= 0.6 is 0 Å². The Balaban J connectivity index is 1.13. The third kappa shape index (κ3) is 19.7. The number of rotatable bonds is 34. The maximum atomic E-state index is 13.4. The minimum atomic E-state index is -1.09. The second-order valence-corrected chi connectivity index (χ2v) is 19.3. The average molecular weight is 875 g/mol. The first-order valence-corrected chi connectivity index (χ1v) is 26.2. The zero-order valence-electron chi connectivity index (χ0n) is 40.0. The second kappa shape index (κ2) is 31.2. The van der Waals surface area contributed by atoms with Crippen molar-refractivity contribution in [3.05, 3.63) is 71.8 Å². The fourth-order valence-corrected chi connectivity index (χ4v) is 10.2. The van der Waals surface area contributed by atoms with Crippen molar-refractivity contribution in [2.75, 3.05) is 26.2 Å². The van der Waals surface area contributed by atoms with Crippen LogP contribution in [0.4, 0.5) is 0 Å². The van der Waals surface area contributed by atoms with Crippen molar-refractivity contribution in [2.45, 2.75) is 236 Å². The summed E-state index contributed by atoms with van der Waals surface area (Å²) in [6.45, 7) is 7.95. The zero-order chi connectivity index (χ0) is 44.9. The fourth-order valence-electron chi connectivity index (χ4n) is 10.2. The summed E-state index contributed by atoms with van der Waals surface area (Å²) in [5, 5.41) is 24.4. The number of aliphatic hydroxyl groups excluding tert-OH is 2. The lowest BCUT2D eigenvalue weighted by Gasteiger charge is -2.44. The molecule has 2 aromatic carbocycles. The lowest BCUT2D eigenvalue weighted by atomic mass is 9.83. The molecule has 0 spiro atoms. The van der Waals surface area contributed by atoms with E-state index in [9.17, 15) is 19.8 Å². The number of esters is 2. The molecule has 2 aromatic rings. The van der Waals surface area contributed by atoms with Crippen LogP contribution in [0.25, 0.3) is 0 Å².